The molecule has 2 heteroatoms. The maximum absolute atomic E-state index is 9.22. The number of rotatable bonds is 4. The van der Waals surface area contributed by atoms with E-state index in [-0.39, 0.29) is 0 Å². The fourth-order valence-electron chi connectivity index (χ4n) is 1.95. The van der Waals surface area contributed by atoms with E-state index in [0.717, 1.165) is 11.1 Å². The lowest BCUT2D eigenvalue weighted by Crippen LogP contribution is -2.07. The van der Waals surface area contributed by atoms with Crippen LogP contribution in [0, 0.1) is 11.3 Å². The van der Waals surface area contributed by atoms with Crippen molar-refractivity contribution in [3.8, 4) is 6.07 Å². The summed E-state index contributed by atoms with van der Waals surface area (Å²) in [4.78, 5) is 2.07. The summed E-state index contributed by atoms with van der Waals surface area (Å²) in [6.07, 6.45) is 5.76. The molecule has 0 amide bonds. The molecule has 104 valence electrons. The molecular weight excluding hydrogens is 256 g/mol. The van der Waals surface area contributed by atoms with E-state index in [1.165, 1.54) is 5.69 Å². The Labute approximate surface area is 126 Å². The molecule has 0 spiro atoms. The Morgan fingerprint density at radius 1 is 1.00 bits per heavy atom. The molecular formula is C19H18N2. The highest BCUT2D eigenvalue weighted by molar-refractivity contribution is 5.78. The summed E-state index contributed by atoms with van der Waals surface area (Å²) in [6.45, 7) is 0. The molecule has 0 aromatic heterocycles. The van der Waals surface area contributed by atoms with E-state index < -0.39 is 0 Å². The molecule has 2 rings (SSSR count). The Morgan fingerprint density at radius 3 is 2.24 bits per heavy atom. The van der Waals surface area contributed by atoms with Crippen molar-refractivity contribution < 1.29 is 0 Å². The Hall–Kier alpha value is -2.79. The molecule has 0 aliphatic rings. The van der Waals surface area contributed by atoms with Gasteiger partial charge in [-0.25, -0.2) is 0 Å². The van der Waals surface area contributed by atoms with Crippen LogP contribution < -0.4 is 4.90 Å². The zero-order valence-corrected chi connectivity index (χ0v) is 12.3. The van der Waals surface area contributed by atoms with Gasteiger partial charge in [-0.1, -0.05) is 54.6 Å². The van der Waals surface area contributed by atoms with E-state index in [1.807, 2.05) is 62.7 Å². The Morgan fingerprint density at radius 2 is 1.67 bits per heavy atom. The second-order valence-electron chi connectivity index (χ2n) is 4.90. The van der Waals surface area contributed by atoms with E-state index in [1.54, 1.807) is 0 Å². The SMILES string of the molecule is CN(C)c1ccc(/C=C/C=C(/C#N)c2ccccc2)cc1. The Bertz CT molecular complexity index is 672. The van der Waals surface area contributed by atoms with Crippen molar-refractivity contribution in [2.75, 3.05) is 19.0 Å². The molecule has 0 atom stereocenters. The highest BCUT2D eigenvalue weighted by Gasteiger charge is 1.97. The summed E-state index contributed by atoms with van der Waals surface area (Å²) in [6, 6.07) is 20.2. The first-order valence-electron chi connectivity index (χ1n) is 6.82. The van der Waals surface area contributed by atoms with Gasteiger partial charge in [-0.3, -0.25) is 0 Å². The van der Waals surface area contributed by atoms with Gasteiger partial charge in [-0.2, -0.15) is 5.26 Å². The normalized spacial score (nSPS) is 11.4. The number of hydrogen-bond donors (Lipinski definition) is 0. The van der Waals surface area contributed by atoms with Crippen molar-refractivity contribution in [3.05, 3.63) is 77.9 Å². The lowest BCUT2D eigenvalue weighted by Gasteiger charge is -2.11. The number of hydrogen-bond acceptors (Lipinski definition) is 2. The van der Waals surface area contributed by atoms with Gasteiger partial charge in [0.2, 0.25) is 0 Å². The summed E-state index contributed by atoms with van der Waals surface area (Å²) < 4.78 is 0. The summed E-state index contributed by atoms with van der Waals surface area (Å²) in [5.74, 6) is 0. The van der Waals surface area contributed by atoms with Crippen LogP contribution in [0.15, 0.2) is 66.7 Å². The van der Waals surface area contributed by atoms with Crippen molar-refractivity contribution in [1.82, 2.24) is 0 Å². The lowest BCUT2D eigenvalue weighted by atomic mass is 10.1. The molecule has 0 aliphatic carbocycles. The third-order valence-electron chi connectivity index (χ3n) is 3.17. The van der Waals surface area contributed by atoms with Gasteiger partial charge in [-0.05, 0) is 29.3 Å². The van der Waals surface area contributed by atoms with Gasteiger partial charge in [0, 0.05) is 19.8 Å². The third-order valence-corrected chi connectivity index (χ3v) is 3.17. The Balaban J connectivity index is 2.13. The second kappa shape index (κ2) is 7.12. The van der Waals surface area contributed by atoms with Crippen LogP contribution in [-0.4, -0.2) is 14.1 Å². The monoisotopic (exact) mass is 274 g/mol. The molecule has 2 nitrogen and oxygen atoms in total. The molecule has 0 N–H and O–H groups in total. The molecule has 0 fully saturated rings. The number of allylic oxidation sites excluding steroid dienone is 3. The minimum Gasteiger partial charge on any atom is -0.378 e. The maximum atomic E-state index is 9.22. The van der Waals surface area contributed by atoms with E-state index in [9.17, 15) is 5.26 Å². The van der Waals surface area contributed by atoms with Crippen molar-refractivity contribution in [2.24, 2.45) is 0 Å². The van der Waals surface area contributed by atoms with E-state index >= 15 is 0 Å². The smallest absolute Gasteiger partial charge is 0.0997 e. The molecule has 0 radical (unpaired) electrons. The van der Waals surface area contributed by atoms with Crippen molar-refractivity contribution >= 4 is 17.3 Å². The number of anilines is 1. The van der Waals surface area contributed by atoms with E-state index in [4.69, 9.17) is 0 Å². The maximum Gasteiger partial charge on any atom is 0.0997 e. The largest absolute Gasteiger partial charge is 0.378 e. The Kier molecular flexibility index (Phi) is 4.95. The van der Waals surface area contributed by atoms with Crippen LogP contribution in [0.4, 0.5) is 5.69 Å². The van der Waals surface area contributed by atoms with Crippen LogP contribution in [0.5, 0.6) is 0 Å². The first kappa shape index (κ1) is 14.6. The van der Waals surface area contributed by atoms with Gasteiger partial charge in [-0.15, -0.1) is 0 Å². The zero-order valence-electron chi connectivity index (χ0n) is 12.3. The average Bonchev–Trinajstić information content (AvgIpc) is 2.53. The van der Waals surface area contributed by atoms with Crippen LogP contribution in [0.2, 0.25) is 0 Å². The highest BCUT2D eigenvalue weighted by Crippen LogP contribution is 2.15. The molecule has 0 aliphatic heterocycles. The molecule has 0 saturated heterocycles. The summed E-state index contributed by atoms with van der Waals surface area (Å²) in [5.41, 5.74) is 3.89. The summed E-state index contributed by atoms with van der Waals surface area (Å²) >= 11 is 0. The molecule has 0 bridgehead atoms. The van der Waals surface area contributed by atoms with Crippen LogP contribution in [0.25, 0.3) is 11.6 Å². The van der Waals surface area contributed by atoms with Gasteiger partial charge in [0.05, 0.1) is 11.6 Å². The van der Waals surface area contributed by atoms with Crippen molar-refractivity contribution in [2.45, 2.75) is 0 Å². The van der Waals surface area contributed by atoms with Crippen LogP contribution in [0.1, 0.15) is 11.1 Å². The molecule has 21 heavy (non-hydrogen) atoms. The summed E-state index contributed by atoms with van der Waals surface area (Å²) in [5, 5.41) is 9.22. The minimum atomic E-state index is 0.664. The van der Waals surface area contributed by atoms with Crippen LogP contribution in [0.3, 0.4) is 0 Å². The molecule has 0 heterocycles. The third kappa shape index (κ3) is 4.09. The first-order valence-corrected chi connectivity index (χ1v) is 6.82. The predicted molar refractivity (Wildman–Crippen MR) is 89.8 cm³/mol. The fourth-order valence-corrected chi connectivity index (χ4v) is 1.95. The zero-order chi connectivity index (χ0) is 15.1. The van der Waals surface area contributed by atoms with Gasteiger partial charge >= 0.3 is 0 Å². The van der Waals surface area contributed by atoms with Crippen LogP contribution in [-0.2, 0) is 0 Å². The van der Waals surface area contributed by atoms with Gasteiger partial charge in [0.15, 0.2) is 0 Å². The standard InChI is InChI=1S/C19H18N2/c1-21(2)19-13-11-16(12-14-19)7-6-10-18(15-20)17-8-4-3-5-9-17/h3-14H,1-2H3/b7-6+,18-10-. The topological polar surface area (TPSA) is 27.0 Å². The molecule has 0 saturated carbocycles. The number of benzene rings is 2. The van der Waals surface area contributed by atoms with Crippen molar-refractivity contribution in [1.29, 1.82) is 5.26 Å². The summed E-state index contributed by atoms with van der Waals surface area (Å²) in [7, 11) is 4.04. The average molecular weight is 274 g/mol. The van der Waals surface area contributed by atoms with E-state index in [0.29, 0.717) is 5.57 Å². The second-order valence-corrected chi connectivity index (χ2v) is 4.90. The first-order chi connectivity index (χ1) is 10.2. The van der Waals surface area contributed by atoms with E-state index in [2.05, 4.69) is 35.2 Å². The van der Waals surface area contributed by atoms with Gasteiger partial charge < -0.3 is 4.90 Å². The minimum absolute atomic E-state index is 0.664. The quantitative estimate of drug-likeness (QED) is 0.611. The number of nitrogens with zero attached hydrogens (tertiary/aromatic N) is 2. The molecule has 2 aromatic carbocycles. The molecule has 2 aromatic rings. The van der Waals surface area contributed by atoms with Crippen molar-refractivity contribution in [3.63, 3.8) is 0 Å². The van der Waals surface area contributed by atoms with Crippen LogP contribution >= 0.6 is 0 Å². The lowest BCUT2D eigenvalue weighted by molar-refractivity contribution is 1.13. The number of nitriles is 1. The fraction of sp³-hybridized carbons (Fsp3) is 0.105. The molecule has 0 unspecified atom stereocenters. The predicted octanol–water partition coefficient (Wildman–Crippen LogP) is 4.37. The van der Waals surface area contributed by atoms with Gasteiger partial charge in [0.1, 0.15) is 0 Å². The van der Waals surface area contributed by atoms with Gasteiger partial charge in [0.25, 0.3) is 0 Å². The highest BCUT2D eigenvalue weighted by atomic mass is 15.1.